The highest BCUT2D eigenvalue weighted by atomic mass is 16.5. The van der Waals surface area contributed by atoms with Gasteiger partial charge < -0.3 is 20.7 Å². The number of rotatable bonds is 3. The van der Waals surface area contributed by atoms with Crippen LogP contribution in [0, 0.1) is 0 Å². The first-order valence-electron chi connectivity index (χ1n) is 6.57. The molecule has 3 N–H and O–H groups in total. The van der Waals surface area contributed by atoms with E-state index in [4.69, 9.17) is 10.5 Å². The molecule has 1 heterocycles. The van der Waals surface area contributed by atoms with Gasteiger partial charge in [-0.15, -0.1) is 0 Å². The summed E-state index contributed by atoms with van der Waals surface area (Å²) in [5.74, 6) is 0.906. The molecule has 2 rings (SSSR count). The van der Waals surface area contributed by atoms with Crippen molar-refractivity contribution in [3.05, 3.63) is 23.8 Å². The van der Waals surface area contributed by atoms with Crippen molar-refractivity contribution in [1.82, 2.24) is 5.32 Å². The van der Waals surface area contributed by atoms with Gasteiger partial charge in [0, 0.05) is 43.3 Å². The second-order valence-corrected chi connectivity index (χ2v) is 4.77. The van der Waals surface area contributed by atoms with E-state index in [1.54, 1.807) is 7.11 Å². The lowest BCUT2D eigenvalue weighted by Gasteiger charge is -2.27. The molecular formula is C14H21N3O2. The lowest BCUT2D eigenvalue weighted by molar-refractivity contribution is -0.120. The van der Waals surface area contributed by atoms with Gasteiger partial charge in [0.25, 0.3) is 0 Å². The van der Waals surface area contributed by atoms with E-state index >= 15 is 0 Å². The van der Waals surface area contributed by atoms with Crippen molar-refractivity contribution in [2.45, 2.75) is 19.4 Å². The number of nitrogens with one attached hydrogen (secondary N) is 1. The fourth-order valence-corrected chi connectivity index (χ4v) is 2.45. The summed E-state index contributed by atoms with van der Waals surface area (Å²) < 4.78 is 5.40. The van der Waals surface area contributed by atoms with Crippen LogP contribution in [-0.2, 0) is 4.79 Å². The Kier molecular flexibility index (Phi) is 4.27. The monoisotopic (exact) mass is 263 g/mol. The van der Waals surface area contributed by atoms with Crippen molar-refractivity contribution in [3.63, 3.8) is 0 Å². The van der Waals surface area contributed by atoms with Crippen LogP contribution >= 0.6 is 0 Å². The van der Waals surface area contributed by atoms with E-state index in [0.717, 1.165) is 23.5 Å². The Morgan fingerprint density at radius 3 is 2.89 bits per heavy atom. The number of anilines is 1. The van der Waals surface area contributed by atoms with Gasteiger partial charge in [-0.25, -0.2) is 0 Å². The Morgan fingerprint density at radius 1 is 1.42 bits per heavy atom. The fraction of sp³-hybridized carbons (Fsp3) is 0.500. The molecule has 0 spiro atoms. The highest BCUT2D eigenvalue weighted by Crippen LogP contribution is 2.33. The summed E-state index contributed by atoms with van der Waals surface area (Å²) in [7, 11) is 1.65. The molecule has 1 atom stereocenters. The van der Waals surface area contributed by atoms with Gasteiger partial charge in [-0.1, -0.05) is 6.07 Å². The number of carbonyl (C=O) groups excluding carboxylic acids is 1. The number of carbonyl (C=O) groups is 1. The fourth-order valence-electron chi connectivity index (χ4n) is 2.45. The second kappa shape index (κ2) is 5.93. The van der Waals surface area contributed by atoms with E-state index in [2.05, 4.69) is 10.2 Å². The van der Waals surface area contributed by atoms with Crippen LogP contribution in [0.3, 0.4) is 0 Å². The van der Waals surface area contributed by atoms with Crippen LogP contribution in [0.15, 0.2) is 18.2 Å². The number of nitrogens with two attached hydrogens (primary N) is 1. The minimum Gasteiger partial charge on any atom is -0.496 e. The van der Waals surface area contributed by atoms with Crippen molar-refractivity contribution >= 4 is 11.6 Å². The standard InChI is InChI=1S/C14H21N3O2/c1-10(15)14-11(4-3-5-12(14)19-2)17-8-6-13(18)16-7-9-17/h3-5,10H,6-9,15H2,1-2H3,(H,16,18). The molecule has 0 bridgehead atoms. The number of hydrogen-bond donors (Lipinski definition) is 2. The zero-order valence-electron chi connectivity index (χ0n) is 11.5. The molecule has 1 aromatic rings. The van der Waals surface area contributed by atoms with Crippen LogP contribution in [0.5, 0.6) is 5.75 Å². The van der Waals surface area contributed by atoms with Crippen LogP contribution in [0.1, 0.15) is 24.9 Å². The van der Waals surface area contributed by atoms with Crippen molar-refractivity contribution in [3.8, 4) is 5.75 Å². The maximum atomic E-state index is 11.4. The number of hydrogen-bond acceptors (Lipinski definition) is 4. The molecule has 0 radical (unpaired) electrons. The Labute approximate surface area is 113 Å². The molecule has 1 fully saturated rings. The number of benzene rings is 1. The topological polar surface area (TPSA) is 67.6 Å². The summed E-state index contributed by atoms with van der Waals surface area (Å²) in [5.41, 5.74) is 8.14. The first-order chi connectivity index (χ1) is 9.13. The van der Waals surface area contributed by atoms with Crippen LogP contribution in [-0.4, -0.2) is 32.7 Å². The van der Waals surface area contributed by atoms with Gasteiger partial charge in [0.15, 0.2) is 0 Å². The average molecular weight is 263 g/mol. The molecule has 5 nitrogen and oxygen atoms in total. The third-order valence-corrected chi connectivity index (χ3v) is 3.37. The van der Waals surface area contributed by atoms with E-state index in [-0.39, 0.29) is 11.9 Å². The van der Waals surface area contributed by atoms with Gasteiger partial charge in [-0.2, -0.15) is 0 Å². The normalized spacial score (nSPS) is 17.6. The van der Waals surface area contributed by atoms with Crippen molar-refractivity contribution < 1.29 is 9.53 Å². The number of amides is 1. The summed E-state index contributed by atoms with van der Waals surface area (Å²) in [6.45, 7) is 4.11. The molecule has 1 aromatic carbocycles. The highest BCUT2D eigenvalue weighted by molar-refractivity contribution is 5.77. The summed E-state index contributed by atoms with van der Waals surface area (Å²) in [4.78, 5) is 13.6. The molecule has 104 valence electrons. The summed E-state index contributed by atoms with van der Waals surface area (Å²) in [5, 5.41) is 2.88. The molecule has 1 aliphatic heterocycles. The lowest BCUT2D eigenvalue weighted by atomic mass is 10.0. The van der Waals surface area contributed by atoms with Gasteiger partial charge in [-0.05, 0) is 19.1 Å². The molecule has 1 saturated heterocycles. The Hall–Kier alpha value is -1.75. The molecule has 1 amide bonds. The maximum absolute atomic E-state index is 11.4. The zero-order chi connectivity index (χ0) is 13.8. The molecule has 5 heteroatoms. The van der Waals surface area contributed by atoms with Gasteiger partial charge in [0.1, 0.15) is 5.75 Å². The van der Waals surface area contributed by atoms with Crippen LogP contribution in [0.4, 0.5) is 5.69 Å². The highest BCUT2D eigenvalue weighted by Gasteiger charge is 2.20. The van der Waals surface area contributed by atoms with Crippen LogP contribution in [0.25, 0.3) is 0 Å². The number of nitrogens with zero attached hydrogens (tertiary/aromatic N) is 1. The predicted molar refractivity (Wildman–Crippen MR) is 75.4 cm³/mol. The summed E-state index contributed by atoms with van der Waals surface area (Å²) in [6.07, 6.45) is 0.510. The van der Waals surface area contributed by atoms with E-state index in [1.807, 2.05) is 25.1 Å². The molecule has 0 saturated carbocycles. The SMILES string of the molecule is COc1cccc(N2CCNC(=O)CC2)c1C(C)N. The molecule has 1 aliphatic rings. The van der Waals surface area contributed by atoms with Crippen molar-refractivity contribution in [2.24, 2.45) is 5.73 Å². The lowest BCUT2D eigenvalue weighted by Crippen LogP contribution is -2.29. The van der Waals surface area contributed by atoms with Gasteiger partial charge in [0.05, 0.1) is 7.11 Å². The number of methoxy groups -OCH3 is 1. The van der Waals surface area contributed by atoms with Gasteiger partial charge in [-0.3, -0.25) is 4.79 Å². The predicted octanol–water partition coefficient (Wildman–Crippen LogP) is 1.04. The van der Waals surface area contributed by atoms with E-state index in [9.17, 15) is 4.79 Å². The molecule has 19 heavy (non-hydrogen) atoms. The average Bonchev–Trinajstić information content (AvgIpc) is 2.62. The Balaban J connectivity index is 2.35. The van der Waals surface area contributed by atoms with E-state index in [1.165, 1.54) is 0 Å². The van der Waals surface area contributed by atoms with E-state index < -0.39 is 0 Å². The molecule has 0 aromatic heterocycles. The number of ether oxygens (including phenoxy) is 1. The minimum absolute atomic E-state index is 0.104. The van der Waals surface area contributed by atoms with Gasteiger partial charge in [0.2, 0.25) is 5.91 Å². The molecule has 0 aliphatic carbocycles. The first-order valence-corrected chi connectivity index (χ1v) is 6.57. The third kappa shape index (κ3) is 2.98. The second-order valence-electron chi connectivity index (χ2n) is 4.77. The maximum Gasteiger partial charge on any atom is 0.221 e. The molecular weight excluding hydrogens is 242 g/mol. The summed E-state index contributed by atoms with van der Waals surface area (Å²) in [6, 6.07) is 5.80. The van der Waals surface area contributed by atoms with Crippen LogP contribution < -0.4 is 20.7 Å². The Bertz CT molecular complexity index is 460. The van der Waals surface area contributed by atoms with Crippen molar-refractivity contribution in [1.29, 1.82) is 0 Å². The van der Waals surface area contributed by atoms with E-state index in [0.29, 0.717) is 19.5 Å². The van der Waals surface area contributed by atoms with Crippen molar-refractivity contribution in [2.75, 3.05) is 31.6 Å². The first kappa shape index (κ1) is 13.7. The van der Waals surface area contributed by atoms with Gasteiger partial charge >= 0.3 is 0 Å². The smallest absolute Gasteiger partial charge is 0.221 e. The largest absolute Gasteiger partial charge is 0.496 e. The Morgan fingerprint density at radius 2 is 2.21 bits per heavy atom. The quantitative estimate of drug-likeness (QED) is 0.855. The third-order valence-electron chi connectivity index (χ3n) is 3.37. The minimum atomic E-state index is -0.113. The van der Waals surface area contributed by atoms with Crippen LogP contribution in [0.2, 0.25) is 0 Å². The summed E-state index contributed by atoms with van der Waals surface area (Å²) >= 11 is 0. The molecule has 1 unspecified atom stereocenters. The zero-order valence-corrected chi connectivity index (χ0v) is 11.5.